The van der Waals surface area contributed by atoms with Crippen LogP contribution in [0.2, 0.25) is 0 Å². The van der Waals surface area contributed by atoms with Gasteiger partial charge in [0.05, 0.1) is 18.2 Å². The van der Waals surface area contributed by atoms with Crippen molar-refractivity contribution in [2.75, 3.05) is 7.11 Å². The van der Waals surface area contributed by atoms with Crippen molar-refractivity contribution in [2.24, 2.45) is 5.92 Å². The van der Waals surface area contributed by atoms with Crippen molar-refractivity contribution in [1.82, 2.24) is 10.1 Å². The summed E-state index contributed by atoms with van der Waals surface area (Å²) in [7, 11) is 1.59. The van der Waals surface area contributed by atoms with Crippen LogP contribution in [0.25, 0.3) is 11.3 Å². The molecule has 4 rings (SSSR count). The first-order chi connectivity index (χ1) is 15.4. The number of hydrogen-bond acceptors (Lipinski definition) is 7. The number of amides is 2. The summed E-state index contributed by atoms with van der Waals surface area (Å²) in [5.41, 5.74) is 1.98. The van der Waals surface area contributed by atoms with E-state index in [1.807, 2.05) is 12.1 Å². The second kappa shape index (κ2) is 8.66. The van der Waals surface area contributed by atoms with Gasteiger partial charge in [-0.05, 0) is 42.3 Å². The minimum atomic E-state index is -1.05. The van der Waals surface area contributed by atoms with Crippen molar-refractivity contribution in [2.45, 2.75) is 26.5 Å². The number of rotatable bonds is 7. The first kappa shape index (κ1) is 21.3. The highest BCUT2D eigenvalue weighted by molar-refractivity contribution is 6.22. The molecule has 1 aromatic heterocycles. The van der Waals surface area contributed by atoms with Crippen LogP contribution in [-0.2, 0) is 16.1 Å². The molecule has 0 aliphatic carbocycles. The van der Waals surface area contributed by atoms with E-state index in [9.17, 15) is 14.4 Å². The molecule has 1 aliphatic heterocycles. The maximum atomic E-state index is 12.9. The van der Waals surface area contributed by atoms with Gasteiger partial charge in [0, 0.05) is 11.6 Å². The number of nitrogens with zero attached hydrogens (tertiary/aromatic N) is 2. The zero-order valence-corrected chi connectivity index (χ0v) is 17.9. The summed E-state index contributed by atoms with van der Waals surface area (Å²) >= 11 is 0. The summed E-state index contributed by atoms with van der Waals surface area (Å²) in [6.07, 6.45) is 0. The van der Waals surface area contributed by atoms with Crippen LogP contribution in [0.3, 0.4) is 0 Å². The van der Waals surface area contributed by atoms with Gasteiger partial charge in [0.25, 0.3) is 11.8 Å². The summed E-state index contributed by atoms with van der Waals surface area (Å²) < 4.78 is 15.8. The quantitative estimate of drug-likeness (QED) is 0.413. The summed E-state index contributed by atoms with van der Waals surface area (Å²) in [5, 5.41) is 4.00. The number of methoxy groups -OCH3 is 1. The van der Waals surface area contributed by atoms with Gasteiger partial charge in [-0.25, -0.2) is 4.79 Å². The molecular formula is C24H22N2O6. The monoisotopic (exact) mass is 434 g/mol. The van der Waals surface area contributed by atoms with E-state index in [0.29, 0.717) is 11.5 Å². The zero-order valence-electron chi connectivity index (χ0n) is 17.9. The van der Waals surface area contributed by atoms with E-state index in [-0.39, 0.29) is 23.7 Å². The van der Waals surface area contributed by atoms with Crippen molar-refractivity contribution in [1.29, 1.82) is 0 Å². The number of carbonyl (C=O) groups is 3. The summed E-state index contributed by atoms with van der Waals surface area (Å²) in [5.74, 6) is -0.954. The van der Waals surface area contributed by atoms with E-state index in [2.05, 4.69) is 5.16 Å². The number of carbonyl (C=O) groups excluding carboxylic acids is 3. The molecule has 0 fully saturated rings. The SMILES string of the molecule is COc1ccc(-c2cc(COC(=O)[C@H](C(C)C)N3C(=O)c4ccccc4C3=O)on2)cc1. The first-order valence-corrected chi connectivity index (χ1v) is 10.1. The number of benzene rings is 2. The van der Waals surface area contributed by atoms with Crippen LogP contribution in [0.4, 0.5) is 0 Å². The predicted molar refractivity (Wildman–Crippen MR) is 114 cm³/mol. The molecule has 8 heteroatoms. The van der Waals surface area contributed by atoms with Crippen LogP contribution in [0.5, 0.6) is 5.75 Å². The fourth-order valence-corrected chi connectivity index (χ4v) is 3.64. The Kier molecular flexibility index (Phi) is 5.77. The highest BCUT2D eigenvalue weighted by atomic mass is 16.6. The highest BCUT2D eigenvalue weighted by Gasteiger charge is 2.44. The van der Waals surface area contributed by atoms with E-state index in [1.54, 1.807) is 63.4 Å². The molecule has 0 saturated carbocycles. The second-order valence-corrected chi connectivity index (χ2v) is 7.73. The van der Waals surface area contributed by atoms with E-state index < -0.39 is 23.8 Å². The van der Waals surface area contributed by atoms with Gasteiger partial charge in [-0.1, -0.05) is 31.1 Å². The number of hydrogen-bond donors (Lipinski definition) is 0. The lowest BCUT2D eigenvalue weighted by Crippen LogP contribution is -2.48. The molecular weight excluding hydrogens is 412 g/mol. The minimum absolute atomic E-state index is 0.172. The standard InChI is InChI=1S/C24H22N2O6/c1-14(2)21(26-22(27)18-6-4-5-7-19(18)23(26)28)24(29)31-13-17-12-20(25-32-17)15-8-10-16(30-3)11-9-15/h4-12,14,21H,13H2,1-3H3/t21-/m0/s1. The fourth-order valence-electron chi connectivity index (χ4n) is 3.64. The Balaban J connectivity index is 1.46. The highest BCUT2D eigenvalue weighted by Crippen LogP contribution is 2.28. The molecule has 164 valence electrons. The third-order valence-corrected chi connectivity index (χ3v) is 5.28. The second-order valence-electron chi connectivity index (χ2n) is 7.73. The molecule has 8 nitrogen and oxygen atoms in total. The Hall–Kier alpha value is -3.94. The Morgan fingerprint density at radius 3 is 2.22 bits per heavy atom. The van der Waals surface area contributed by atoms with Crippen LogP contribution in [-0.4, -0.2) is 41.0 Å². The van der Waals surface area contributed by atoms with Crippen molar-refractivity contribution in [3.63, 3.8) is 0 Å². The van der Waals surface area contributed by atoms with Crippen LogP contribution >= 0.6 is 0 Å². The third-order valence-electron chi connectivity index (χ3n) is 5.28. The minimum Gasteiger partial charge on any atom is -0.497 e. The molecule has 0 radical (unpaired) electrons. The number of esters is 1. The van der Waals surface area contributed by atoms with Gasteiger partial charge in [-0.3, -0.25) is 14.5 Å². The third kappa shape index (κ3) is 3.87. The molecule has 0 bridgehead atoms. The van der Waals surface area contributed by atoms with E-state index in [0.717, 1.165) is 16.2 Å². The molecule has 2 heterocycles. The van der Waals surface area contributed by atoms with Gasteiger partial charge in [0.15, 0.2) is 12.4 Å². The van der Waals surface area contributed by atoms with Crippen LogP contribution in [0.1, 0.15) is 40.3 Å². The average molecular weight is 434 g/mol. The van der Waals surface area contributed by atoms with Crippen LogP contribution < -0.4 is 4.74 Å². The van der Waals surface area contributed by atoms with Gasteiger partial charge in [-0.15, -0.1) is 0 Å². The van der Waals surface area contributed by atoms with Gasteiger partial charge in [0.2, 0.25) is 0 Å². The Labute approximate surface area is 184 Å². The molecule has 3 aromatic rings. The molecule has 0 N–H and O–H groups in total. The van der Waals surface area contributed by atoms with Crippen molar-refractivity contribution in [3.05, 3.63) is 71.5 Å². The van der Waals surface area contributed by atoms with Gasteiger partial charge in [-0.2, -0.15) is 0 Å². The lowest BCUT2D eigenvalue weighted by atomic mass is 10.0. The molecule has 2 amide bonds. The van der Waals surface area contributed by atoms with Crippen LogP contribution in [0, 0.1) is 5.92 Å². The van der Waals surface area contributed by atoms with Gasteiger partial charge in [0.1, 0.15) is 17.5 Å². The number of fused-ring (bicyclic) bond motifs is 1. The smallest absolute Gasteiger partial charge is 0.330 e. The maximum Gasteiger partial charge on any atom is 0.330 e. The lowest BCUT2D eigenvalue weighted by Gasteiger charge is -2.27. The Morgan fingerprint density at radius 1 is 1.03 bits per heavy atom. The predicted octanol–water partition coefficient (Wildman–Crippen LogP) is 3.71. The lowest BCUT2D eigenvalue weighted by molar-refractivity contribution is -0.151. The Morgan fingerprint density at radius 2 is 1.66 bits per heavy atom. The molecule has 0 unspecified atom stereocenters. The van der Waals surface area contributed by atoms with Crippen molar-refractivity contribution < 1.29 is 28.4 Å². The van der Waals surface area contributed by atoms with E-state index >= 15 is 0 Å². The number of ether oxygens (including phenoxy) is 2. The molecule has 1 aliphatic rings. The van der Waals surface area contributed by atoms with Crippen molar-refractivity contribution in [3.8, 4) is 17.0 Å². The number of imide groups is 1. The fraction of sp³-hybridized carbons (Fsp3) is 0.250. The summed E-state index contributed by atoms with van der Waals surface area (Å²) in [6.45, 7) is 3.34. The normalized spacial score (nSPS) is 13.9. The first-order valence-electron chi connectivity index (χ1n) is 10.1. The van der Waals surface area contributed by atoms with Crippen molar-refractivity contribution >= 4 is 17.8 Å². The molecule has 1 atom stereocenters. The van der Waals surface area contributed by atoms with Crippen LogP contribution in [0.15, 0.2) is 59.1 Å². The summed E-state index contributed by atoms with van der Waals surface area (Å²) in [4.78, 5) is 39.5. The summed E-state index contributed by atoms with van der Waals surface area (Å²) in [6, 6.07) is 14.4. The zero-order chi connectivity index (χ0) is 22.8. The Bertz CT molecular complexity index is 1130. The van der Waals surface area contributed by atoms with E-state index in [1.165, 1.54) is 0 Å². The average Bonchev–Trinajstić information content (AvgIpc) is 3.37. The van der Waals surface area contributed by atoms with E-state index in [4.69, 9.17) is 14.0 Å². The maximum absolute atomic E-state index is 12.9. The molecule has 0 spiro atoms. The molecule has 2 aromatic carbocycles. The number of aromatic nitrogens is 1. The topological polar surface area (TPSA) is 98.9 Å². The molecule has 32 heavy (non-hydrogen) atoms. The largest absolute Gasteiger partial charge is 0.497 e. The van der Waals surface area contributed by atoms with Gasteiger partial charge >= 0.3 is 5.97 Å². The van der Waals surface area contributed by atoms with Gasteiger partial charge < -0.3 is 14.0 Å². The molecule has 0 saturated heterocycles.